The van der Waals surface area contributed by atoms with E-state index in [1.165, 1.54) is 6.07 Å². The largest absolute Gasteiger partial charge is 0.395 e. The molecule has 6 nitrogen and oxygen atoms in total. The molecule has 4 N–H and O–H groups in total. The van der Waals surface area contributed by atoms with Crippen molar-refractivity contribution in [2.24, 2.45) is 5.84 Å². The van der Waals surface area contributed by atoms with Crippen molar-refractivity contribution in [3.63, 3.8) is 0 Å². The molecule has 1 saturated carbocycles. The first-order chi connectivity index (χ1) is 9.15. The molecule has 0 atom stereocenters. The Labute approximate surface area is 116 Å². The maximum absolute atomic E-state index is 12.4. The van der Waals surface area contributed by atoms with Gasteiger partial charge in [0.25, 0.3) is 5.91 Å². The van der Waals surface area contributed by atoms with Crippen LogP contribution in [0, 0.1) is 0 Å². The lowest BCUT2D eigenvalue weighted by molar-refractivity contribution is 0.0526. The van der Waals surface area contributed by atoms with E-state index in [0.29, 0.717) is 17.9 Å². The molecule has 1 fully saturated rings. The van der Waals surface area contributed by atoms with Crippen molar-refractivity contribution in [1.82, 2.24) is 9.88 Å². The molecule has 2 rings (SSSR count). The van der Waals surface area contributed by atoms with Gasteiger partial charge in [-0.3, -0.25) is 4.79 Å². The molecule has 0 aromatic carbocycles. The first kappa shape index (κ1) is 14.0. The number of hydrogen-bond donors (Lipinski definition) is 3. The molecule has 1 amide bonds. The number of aliphatic hydroxyl groups excluding tert-OH is 1. The van der Waals surface area contributed by atoms with E-state index in [2.05, 4.69) is 10.4 Å². The molecule has 1 aromatic heterocycles. The summed E-state index contributed by atoms with van der Waals surface area (Å²) < 4.78 is 0. The summed E-state index contributed by atoms with van der Waals surface area (Å²) in [4.78, 5) is 18.1. The van der Waals surface area contributed by atoms with E-state index in [-0.39, 0.29) is 23.7 Å². The number of nitrogen functional groups attached to an aromatic ring is 1. The minimum Gasteiger partial charge on any atom is -0.395 e. The quantitative estimate of drug-likeness (QED) is 0.426. The van der Waals surface area contributed by atoms with E-state index >= 15 is 0 Å². The lowest BCUT2D eigenvalue weighted by Gasteiger charge is -2.37. The number of halogens is 1. The predicted octanol–water partition coefficient (Wildman–Crippen LogP) is 1.01. The summed E-state index contributed by atoms with van der Waals surface area (Å²) in [7, 11) is 0. The number of nitrogens with one attached hydrogen (secondary N) is 1. The average Bonchev–Trinajstić information content (AvgIpc) is 2.34. The standard InChI is InChI=1S/C12H17ClN4O2/c13-10-6-8(7-11(15-10)16-14)12(19)17(4-5-18)9-2-1-3-9/h6-7,9,18H,1-5,14H2,(H,15,16). The van der Waals surface area contributed by atoms with Crippen LogP contribution in [0.5, 0.6) is 0 Å². The molecule has 104 valence electrons. The van der Waals surface area contributed by atoms with E-state index in [1.54, 1.807) is 11.0 Å². The molecule has 0 spiro atoms. The van der Waals surface area contributed by atoms with Crippen LogP contribution in [0.25, 0.3) is 0 Å². The van der Waals surface area contributed by atoms with Crippen molar-refractivity contribution in [2.75, 3.05) is 18.6 Å². The summed E-state index contributed by atoms with van der Waals surface area (Å²) in [6.07, 6.45) is 3.08. The number of pyridine rings is 1. The second-order valence-corrected chi connectivity index (χ2v) is 4.90. The number of anilines is 1. The van der Waals surface area contributed by atoms with Gasteiger partial charge in [0.1, 0.15) is 11.0 Å². The molecule has 1 heterocycles. The Hall–Kier alpha value is -1.37. The third kappa shape index (κ3) is 3.15. The van der Waals surface area contributed by atoms with E-state index in [0.717, 1.165) is 19.3 Å². The van der Waals surface area contributed by atoms with Crippen LogP contribution < -0.4 is 11.3 Å². The van der Waals surface area contributed by atoms with Crippen LogP contribution in [0.15, 0.2) is 12.1 Å². The molecule has 1 aromatic rings. The number of hydrogen-bond acceptors (Lipinski definition) is 5. The zero-order valence-electron chi connectivity index (χ0n) is 10.5. The average molecular weight is 285 g/mol. The van der Waals surface area contributed by atoms with Crippen molar-refractivity contribution in [3.05, 3.63) is 22.8 Å². The highest BCUT2D eigenvalue weighted by molar-refractivity contribution is 6.29. The Morgan fingerprint density at radius 1 is 1.58 bits per heavy atom. The van der Waals surface area contributed by atoms with Gasteiger partial charge in [0.05, 0.1) is 6.61 Å². The Balaban J connectivity index is 2.22. The summed E-state index contributed by atoms with van der Waals surface area (Å²) in [5, 5.41) is 9.30. The molecule has 7 heteroatoms. The molecule has 0 aliphatic heterocycles. The van der Waals surface area contributed by atoms with Gasteiger partial charge in [-0.25, -0.2) is 10.8 Å². The Morgan fingerprint density at radius 2 is 2.32 bits per heavy atom. The first-order valence-electron chi connectivity index (χ1n) is 6.21. The number of hydrazine groups is 1. The number of nitrogens with two attached hydrogens (primary N) is 1. The van der Waals surface area contributed by atoms with E-state index in [9.17, 15) is 4.79 Å². The van der Waals surface area contributed by atoms with Crippen LogP contribution in [-0.2, 0) is 0 Å². The highest BCUT2D eigenvalue weighted by Crippen LogP contribution is 2.26. The van der Waals surface area contributed by atoms with Gasteiger partial charge in [-0.15, -0.1) is 0 Å². The van der Waals surface area contributed by atoms with Gasteiger partial charge >= 0.3 is 0 Å². The number of nitrogens with zero attached hydrogens (tertiary/aromatic N) is 2. The maximum Gasteiger partial charge on any atom is 0.254 e. The van der Waals surface area contributed by atoms with Crippen molar-refractivity contribution in [3.8, 4) is 0 Å². The van der Waals surface area contributed by atoms with Gasteiger partial charge in [0.15, 0.2) is 0 Å². The van der Waals surface area contributed by atoms with E-state index in [4.69, 9.17) is 22.6 Å². The first-order valence-corrected chi connectivity index (χ1v) is 6.59. The maximum atomic E-state index is 12.4. The molecule has 0 bridgehead atoms. The summed E-state index contributed by atoms with van der Waals surface area (Å²) in [6, 6.07) is 3.27. The number of carbonyl (C=O) groups excluding carboxylic acids is 1. The second kappa shape index (κ2) is 6.18. The lowest BCUT2D eigenvalue weighted by atomic mass is 9.91. The molecule has 1 aliphatic carbocycles. The van der Waals surface area contributed by atoms with Crippen LogP contribution >= 0.6 is 11.6 Å². The van der Waals surface area contributed by atoms with Gasteiger partial charge < -0.3 is 15.4 Å². The second-order valence-electron chi connectivity index (χ2n) is 4.52. The highest BCUT2D eigenvalue weighted by atomic mass is 35.5. The minimum atomic E-state index is -0.153. The lowest BCUT2D eigenvalue weighted by Crippen LogP contribution is -2.45. The van der Waals surface area contributed by atoms with Gasteiger partial charge in [-0.05, 0) is 31.4 Å². The Morgan fingerprint density at radius 3 is 2.84 bits per heavy atom. The third-order valence-corrected chi connectivity index (χ3v) is 3.50. The van der Waals surface area contributed by atoms with Crippen molar-refractivity contribution in [2.45, 2.75) is 25.3 Å². The summed E-state index contributed by atoms with van der Waals surface area (Å²) >= 11 is 5.86. The molecular weight excluding hydrogens is 268 g/mol. The van der Waals surface area contributed by atoms with Crippen LogP contribution in [0.2, 0.25) is 5.15 Å². The fraction of sp³-hybridized carbons (Fsp3) is 0.500. The number of aliphatic hydroxyl groups is 1. The van der Waals surface area contributed by atoms with Crippen LogP contribution in [0.1, 0.15) is 29.6 Å². The summed E-state index contributed by atoms with van der Waals surface area (Å²) in [5.74, 6) is 5.47. The predicted molar refractivity (Wildman–Crippen MR) is 72.8 cm³/mol. The molecule has 0 unspecified atom stereocenters. The SMILES string of the molecule is NNc1cc(C(=O)N(CCO)C2CCC2)cc(Cl)n1. The molecular formula is C12H17ClN4O2. The third-order valence-electron chi connectivity index (χ3n) is 3.31. The van der Waals surface area contributed by atoms with Gasteiger partial charge in [-0.1, -0.05) is 11.6 Å². The van der Waals surface area contributed by atoms with Crippen LogP contribution in [0.3, 0.4) is 0 Å². The van der Waals surface area contributed by atoms with Gasteiger partial charge in [0.2, 0.25) is 0 Å². The molecule has 19 heavy (non-hydrogen) atoms. The van der Waals surface area contributed by atoms with Crippen molar-refractivity contribution >= 4 is 23.3 Å². The monoisotopic (exact) mass is 284 g/mol. The van der Waals surface area contributed by atoms with E-state index < -0.39 is 0 Å². The van der Waals surface area contributed by atoms with Crippen molar-refractivity contribution in [1.29, 1.82) is 0 Å². The number of carbonyl (C=O) groups is 1. The van der Waals surface area contributed by atoms with Crippen molar-refractivity contribution < 1.29 is 9.90 Å². The number of amides is 1. The van der Waals surface area contributed by atoms with Crippen LogP contribution in [-0.4, -0.2) is 40.1 Å². The molecule has 0 radical (unpaired) electrons. The Kier molecular flexibility index (Phi) is 4.57. The number of rotatable bonds is 5. The fourth-order valence-electron chi connectivity index (χ4n) is 2.12. The number of aromatic nitrogens is 1. The van der Waals surface area contributed by atoms with Gasteiger partial charge in [-0.2, -0.15) is 0 Å². The zero-order valence-corrected chi connectivity index (χ0v) is 11.2. The summed E-state index contributed by atoms with van der Waals surface area (Å²) in [6.45, 7) is 0.276. The van der Waals surface area contributed by atoms with Gasteiger partial charge in [0, 0.05) is 18.2 Å². The molecule has 1 aliphatic rings. The normalized spacial score (nSPS) is 14.9. The highest BCUT2D eigenvalue weighted by Gasteiger charge is 2.29. The van der Waals surface area contributed by atoms with E-state index in [1.807, 2.05) is 0 Å². The fourth-order valence-corrected chi connectivity index (χ4v) is 2.32. The summed E-state index contributed by atoms with van der Waals surface area (Å²) in [5.41, 5.74) is 2.80. The minimum absolute atomic E-state index is 0.0525. The topological polar surface area (TPSA) is 91.5 Å². The smallest absolute Gasteiger partial charge is 0.254 e. The zero-order chi connectivity index (χ0) is 13.8. The Bertz CT molecular complexity index is 465. The molecule has 0 saturated heterocycles. The van der Waals surface area contributed by atoms with Crippen LogP contribution in [0.4, 0.5) is 5.82 Å².